The van der Waals surface area contributed by atoms with Crippen LogP contribution in [0.3, 0.4) is 0 Å². The summed E-state index contributed by atoms with van der Waals surface area (Å²) in [6, 6.07) is 8.89. The molecule has 0 aliphatic heterocycles. The summed E-state index contributed by atoms with van der Waals surface area (Å²) in [6.45, 7) is 2.16. The summed E-state index contributed by atoms with van der Waals surface area (Å²) < 4.78 is 0. The molecule has 18 heavy (non-hydrogen) atoms. The molecule has 0 aliphatic rings. The Morgan fingerprint density at radius 2 is 2.00 bits per heavy atom. The van der Waals surface area contributed by atoms with Gasteiger partial charge in [-0.1, -0.05) is 31.2 Å². The maximum atomic E-state index is 4.21. The summed E-state index contributed by atoms with van der Waals surface area (Å²) in [5.74, 6) is 0.761. The van der Waals surface area contributed by atoms with E-state index in [0.29, 0.717) is 0 Å². The second-order valence-electron chi connectivity index (χ2n) is 4.34. The first-order valence-corrected chi connectivity index (χ1v) is 6.22. The number of tetrazole rings is 1. The Morgan fingerprint density at radius 1 is 1.28 bits per heavy atom. The number of nitrogens with zero attached hydrogens (tertiary/aromatic N) is 4. The van der Waals surface area contributed by atoms with E-state index in [1.165, 1.54) is 15.9 Å². The van der Waals surface area contributed by atoms with E-state index in [1.54, 1.807) is 7.05 Å². The van der Waals surface area contributed by atoms with E-state index in [1.807, 2.05) is 7.05 Å². The first-order chi connectivity index (χ1) is 8.72. The van der Waals surface area contributed by atoms with Crippen LogP contribution in [0.15, 0.2) is 24.3 Å². The molecule has 0 fully saturated rings. The van der Waals surface area contributed by atoms with Gasteiger partial charge in [-0.25, -0.2) is 0 Å². The molecule has 0 radical (unpaired) electrons. The highest BCUT2D eigenvalue weighted by Gasteiger charge is 2.13. The molecule has 5 heteroatoms. The molecule has 0 saturated carbocycles. The van der Waals surface area contributed by atoms with E-state index in [9.17, 15) is 0 Å². The highest BCUT2D eigenvalue weighted by atomic mass is 15.6. The molecule has 5 nitrogen and oxygen atoms in total. The zero-order chi connectivity index (χ0) is 13.0. The number of benzene rings is 1. The van der Waals surface area contributed by atoms with Crippen LogP contribution in [0, 0.1) is 0 Å². The van der Waals surface area contributed by atoms with Gasteiger partial charge in [-0.15, -0.1) is 10.2 Å². The maximum Gasteiger partial charge on any atom is 0.176 e. The van der Waals surface area contributed by atoms with Crippen LogP contribution in [0.2, 0.25) is 0 Å². The van der Waals surface area contributed by atoms with Crippen LogP contribution in [0.1, 0.15) is 29.9 Å². The average Bonchev–Trinajstić information content (AvgIpc) is 2.82. The molecule has 0 aliphatic carbocycles. The van der Waals surface area contributed by atoms with Crippen LogP contribution in [0.4, 0.5) is 0 Å². The molecule has 0 bridgehead atoms. The van der Waals surface area contributed by atoms with E-state index < -0.39 is 0 Å². The third kappa shape index (κ3) is 2.92. The van der Waals surface area contributed by atoms with Crippen molar-refractivity contribution in [1.29, 1.82) is 0 Å². The third-order valence-corrected chi connectivity index (χ3v) is 3.08. The van der Waals surface area contributed by atoms with Crippen molar-refractivity contribution < 1.29 is 0 Å². The van der Waals surface area contributed by atoms with Crippen molar-refractivity contribution in [2.24, 2.45) is 7.05 Å². The van der Waals surface area contributed by atoms with E-state index in [-0.39, 0.29) is 6.04 Å². The van der Waals surface area contributed by atoms with Gasteiger partial charge in [-0.05, 0) is 29.8 Å². The fraction of sp³-hybridized carbons (Fsp3) is 0.462. The SMILES string of the molecule is CCc1ccc(C(Cc2nnn(C)n2)NC)cc1. The Bertz CT molecular complexity index is 488. The number of hydrogen-bond acceptors (Lipinski definition) is 4. The van der Waals surface area contributed by atoms with Crippen molar-refractivity contribution in [3.63, 3.8) is 0 Å². The van der Waals surface area contributed by atoms with Gasteiger partial charge in [0.1, 0.15) is 0 Å². The van der Waals surface area contributed by atoms with Crippen molar-refractivity contribution in [1.82, 2.24) is 25.5 Å². The van der Waals surface area contributed by atoms with Crippen LogP contribution in [0.5, 0.6) is 0 Å². The number of likely N-dealkylation sites (N-methyl/N-ethyl adjacent to an activating group) is 1. The molecule has 1 N–H and O–H groups in total. The lowest BCUT2D eigenvalue weighted by Gasteiger charge is -2.15. The van der Waals surface area contributed by atoms with Crippen molar-refractivity contribution in [3.05, 3.63) is 41.2 Å². The Kier molecular flexibility index (Phi) is 4.04. The van der Waals surface area contributed by atoms with E-state index >= 15 is 0 Å². The predicted molar refractivity (Wildman–Crippen MR) is 70.1 cm³/mol. The van der Waals surface area contributed by atoms with Gasteiger partial charge < -0.3 is 5.32 Å². The van der Waals surface area contributed by atoms with Crippen molar-refractivity contribution in [2.45, 2.75) is 25.8 Å². The average molecular weight is 245 g/mol. The Labute approximate surface area is 107 Å². The van der Waals surface area contributed by atoms with E-state index in [4.69, 9.17) is 0 Å². The van der Waals surface area contributed by atoms with Gasteiger partial charge >= 0.3 is 0 Å². The largest absolute Gasteiger partial charge is 0.313 e. The topological polar surface area (TPSA) is 55.6 Å². The minimum absolute atomic E-state index is 0.222. The van der Waals surface area contributed by atoms with Crippen molar-refractivity contribution in [3.8, 4) is 0 Å². The molecule has 0 spiro atoms. The molecule has 1 heterocycles. The molecule has 1 aromatic heterocycles. The zero-order valence-corrected chi connectivity index (χ0v) is 11.1. The summed E-state index contributed by atoms with van der Waals surface area (Å²) in [5, 5.41) is 15.4. The Balaban J connectivity index is 2.12. The van der Waals surface area contributed by atoms with Crippen LogP contribution in [-0.4, -0.2) is 27.3 Å². The van der Waals surface area contributed by atoms with Gasteiger partial charge in [0.25, 0.3) is 0 Å². The first kappa shape index (κ1) is 12.7. The van der Waals surface area contributed by atoms with Gasteiger partial charge in [0, 0.05) is 12.5 Å². The molecule has 1 unspecified atom stereocenters. The molecule has 2 rings (SSSR count). The second-order valence-corrected chi connectivity index (χ2v) is 4.34. The first-order valence-electron chi connectivity index (χ1n) is 6.22. The summed E-state index contributed by atoms with van der Waals surface area (Å²) in [4.78, 5) is 1.49. The molecule has 0 amide bonds. The van der Waals surface area contributed by atoms with Crippen LogP contribution >= 0.6 is 0 Å². The second kappa shape index (κ2) is 5.73. The van der Waals surface area contributed by atoms with Gasteiger partial charge in [0.2, 0.25) is 0 Å². The molecule has 2 aromatic rings. The summed E-state index contributed by atoms with van der Waals surface area (Å²) in [7, 11) is 3.73. The molecule has 1 atom stereocenters. The molecule has 96 valence electrons. The fourth-order valence-corrected chi connectivity index (χ4v) is 1.96. The molecular weight excluding hydrogens is 226 g/mol. The summed E-state index contributed by atoms with van der Waals surface area (Å²) in [5.41, 5.74) is 2.60. The molecular formula is C13H19N5. The van der Waals surface area contributed by atoms with Gasteiger partial charge in [0.05, 0.1) is 7.05 Å². The molecule has 1 aromatic carbocycles. The van der Waals surface area contributed by atoms with Gasteiger partial charge in [-0.2, -0.15) is 4.80 Å². The van der Waals surface area contributed by atoms with E-state index in [0.717, 1.165) is 18.7 Å². The van der Waals surface area contributed by atoms with Crippen LogP contribution in [-0.2, 0) is 19.9 Å². The maximum absolute atomic E-state index is 4.21. The summed E-state index contributed by atoms with van der Waals surface area (Å²) in [6.07, 6.45) is 1.81. The number of aryl methyl sites for hydroxylation is 2. The highest BCUT2D eigenvalue weighted by molar-refractivity contribution is 5.25. The smallest absolute Gasteiger partial charge is 0.176 e. The minimum atomic E-state index is 0.222. The van der Waals surface area contributed by atoms with E-state index in [2.05, 4.69) is 51.9 Å². The third-order valence-electron chi connectivity index (χ3n) is 3.08. The van der Waals surface area contributed by atoms with Crippen LogP contribution in [0.25, 0.3) is 0 Å². The lowest BCUT2D eigenvalue weighted by Crippen LogP contribution is -2.19. The minimum Gasteiger partial charge on any atom is -0.313 e. The monoisotopic (exact) mass is 245 g/mol. The quantitative estimate of drug-likeness (QED) is 0.862. The number of aromatic nitrogens is 4. The fourth-order valence-electron chi connectivity index (χ4n) is 1.96. The summed E-state index contributed by atoms with van der Waals surface area (Å²) >= 11 is 0. The van der Waals surface area contributed by atoms with Crippen LogP contribution < -0.4 is 5.32 Å². The normalized spacial score (nSPS) is 12.6. The van der Waals surface area contributed by atoms with Crippen molar-refractivity contribution >= 4 is 0 Å². The Hall–Kier alpha value is -1.75. The lowest BCUT2D eigenvalue weighted by atomic mass is 10.0. The zero-order valence-electron chi connectivity index (χ0n) is 11.1. The highest BCUT2D eigenvalue weighted by Crippen LogP contribution is 2.17. The van der Waals surface area contributed by atoms with Gasteiger partial charge in [-0.3, -0.25) is 0 Å². The molecule has 0 saturated heterocycles. The Morgan fingerprint density at radius 3 is 2.50 bits per heavy atom. The number of nitrogens with one attached hydrogen (secondary N) is 1. The van der Waals surface area contributed by atoms with Gasteiger partial charge in [0.15, 0.2) is 5.82 Å². The number of hydrogen-bond donors (Lipinski definition) is 1. The lowest BCUT2D eigenvalue weighted by molar-refractivity contribution is 0.570. The predicted octanol–water partition coefficient (Wildman–Crippen LogP) is 1.28. The number of rotatable bonds is 5. The standard InChI is InChI=1S/C13H19N5/c1-4-10-5-7-11(8-6-10)12(14-2)9-13-15-17-18(3)16-13/h5-8,12,14H,4,9H2,1-3H3. The van der Waals surface area contributed by atoms with Crippen molar-refractivity contribution in [2.75, 3.05) is 7.05 Å².